The number of para-hydroxylation sites is 1. The Morgan fingerprint density at radius 1 is 1.06 bits per heavy atom. The molecule has 2 saturated heterocycles. The summed E-state index contributed by atoms with van der Waals surface area (Å²) in [6.45, 7) is 7.63. The number of anilines is 1. The molecule has 1 aromatic carbocycles. The van der Waals surface area contributed by atoms with Gasteiger partial charge in [0.2, 0.25) is 5.91 Å². The largest absolute Gasteiger partial charge is 0.386 e. The van der Waals surface area contributed by atoms with Crippen molar-refractivity contribution < 1.29 is 4.79 Å². The predicted molar refractivity (Wildman–Crippen MR) is 140 cm³/mol. The third-order valence-corrected chi connectivity index (χ3v) is 8.55. The van der Waals surface area contributed by atoms with Gasteiger partial charge in [-0.25, -0.2) is 0 Å². The molecule has 3 aliphatic heterocycles. The molecule has 188 valence electrons. The van der Waals surface area contributed by atoms with Crippen LogP contribution >= 0.6 is 0 Å². The lowest BCUT2D eigenvalue weighted by Crippen LogP contribution is -2.51. The minimum absolute atomic E-state index is 0.0169. The second-order valence-electron chi connectivity index (χ2n) is 11.0. The van der Waals surface area contributed by atoms with E-state index in [1.54, 1.807) is 0 Å². The van der Waals surface area contributed by atoms with E-state index in [0.29, 0.717) is 12.1 Å². The van der Waals surface area contributed by atoms with E-state index in [9.17, 15) is 4.79 Å². The van der Waals surface area contributed by atoms with Gasteiger partial charge in [-0.3, -0.25) is 15.1 Å². The second-order valence-corrected chi connectivity index (χ2v) is 11.0. The number of rotatable bonds is 9. The first-order chi connectivity index (χ1) is 16.5. The summed E-state index contributed by atoms with van der Waals surface area (Å²) >= 11 is 0. The molecule has 4 N–H and O–H groups in total. The van der Waals surface area contributed by atoms with E-state index >= 15 is 0 Å². The number of piperidine rings is 2. The van der Waals surface area contributed by atoms with Crippen molar-refractivity contribution in [3.63, 3.8) is 0 Å². The molecule has 1 amide bonds. The molecule has 4 rings (SSSR count). The Balaban J connectivity index is 1.35. The maximum Gasteiger partial charge on any atom is 0.230 e. The van der Waals surface area contributed by atoms with E-state index in [2.05, 4.69) is 53.2 Å². The zero-order chi connectivity index (χ0) is 24.1. The van der Waals surface area contributed by atoms with Crippen molar-refractivity contribution in [2.45, 2.75) is 96.2 Å². The van der Waals surface area contributed by atoms with Crippen molar-refractivity contribution in [1.29, 1.82) is 5.41 Å². The quantitative estimate of drug-likeness (QED) is 0.287. The Kier molecular flexibility index (Phi) is 8.65. The molecule has 6 heteroatoms. The fourth-order valence-electron chi connectivity index (χ4n) is 6.65. The van der Waals surface area contributed by atoms with Gasteiger partial charge >= 0.3 is 0 Å². The van der Waals surface area contributed by atoms with Crippen LogP contribution in [0.4, 0.5) is 5.69 Å². The number of fused-ring (bicyclic) bond motifs is 1. The van der Waals surface area contributed by atoms with Crippen LogP contribution in [0, 0.1) is 17.2 Å². The number of likely N-dealkylation sites (tertiary alicyclic amines) is 1. The number of benzene rings is 1. The lowest BCUT2D eigenvalue weighted by molar-refractivity contribution is -0.123. The molecule has 0 bridgehead atoms. The summed E-state index contributed by atoms with van der Waals surface area (Å²) in [7, 11) is 0. The van der Waals surface area contributed by atoms with Gasteiger partial charge in [-0.1, -0.05) is 31.0 Å². The highest BCUT2D eigenvalue weighted by molar-refractivity contribution is 5.98. The van der Waals surface area contributed by atoms with E-state index in [1.165, 1.54) is 37.8 Å². The minimum atomic E-state index is -0.0910. The van der Waals surface area contributed by atoms with Crippen molar-refractivity contribution in [3.8, 4) is 0 Å². The first-order valence-electron chi connectivity index (χ1n) is 13.7. The van der Waals surface area contributed by atoms with Gasteiger partial charge in [-0.05, 0) is 95.9 Å². The molecular weight excluding hydrogens is 422 g/mol. The number of amides is 1. The van der Waals surface area contributed by atoms with Crippen LogP contribution in [0.3, 0.4) is 0 Å². The standard InChI is InChI=1S/C28H45N5O/c1-20-10-8-11-21(2)32(20)16-6-3-7-17-33-25-14-5-4-12-22(25)18-24(28(33)34)19-23-13-9-15-31-26(23)27(29)30/h4-5,12,14,20-21,23-24,26,31H,3,6-11,13,15-19H2,1-2H3,(H3,29,30)/t20-,21+,23?,24?,26?. The molecule has 34 heavy (non-hydrogen) atoms. The molecular formula is C28H45N5O. The van der Waals surface area contributed by atoms with Crippen LogP contribution in [0.15, 0.2) is 24.3 Å². The fourth-order valence-corrected chi connectivity index (χ4v) is 6.65. The van der Waals surface area contributed by atoms with E-state index in [1.807, 2.05) is 0 Å². The van der Waals surface area contributed by atoms with Crippen molar-refractivity contribution in [2.24, 2.45) is 17.6 Å². The third-order valence-electron chi connectivity index (χ3n) is 8.55. The molecule has 0 saturated carbocycles. The summed E-state index contributed by atoms with van der Waals surface area (Å²) in [5.74, 6) is 0.727. The van der Waals surface area contributed by atoms with E-state index in [-0.39, 0.29) is 29.6 Å². The van der Waals surface area contributed by atoms with Gasteiger partial charge in [0.25, 0.3) is 0 Å². The van der Waals surface area contributed by atoms with Gasteiger partial charge in [-0.15, -0.1) is 0 Å². The lowest BCUT2D eigenvalue weighted by Gasteiger charge is -2.39. The summed E-state index contributed by atoms with van der Waals surface area (Å²) in [5, 5.41) is 11.4. The Morgan fingerprint density at radius 2 is 1.79 bits per heavy atom. The van der Waals surface area contributed by atoms with Crippen molar-refractivity contribution in [2.75, 3.05) is 24.5 Å². The highest BCUT2D eigenvalue weighted by Crippen LogP contribution is 2.35. The van der Waals surface area contributed by atoms with Crippen molar-refractivity contribution >= 4 is 17.4 Å². The normalized spacial score (nSPS) is 30.2. The summed E-state index contributed by atoms with van der Waals surface area (Å²) in [6.07, 6.45) is 11.2. The zero-order valence-corrected chi connectivity index (χ0v) is 21.3. The third kappa shape index (κ3) is 5.83. The van der Waals surface area contributed by atoms with Gasteiger partial charge in [0.05, 0.1) is 6.04 Å². The Labute approximate surface area is 206 Å². The molecule has 0 aromatic heterocycles. The molecule has 2 fully saturated rings. The number of unbranched alkanes of at least 4 members (excludes halogenated alkanes) is 2. The average Bonchev–Trinajstić information content (AvgIpc) is 2.82. The second kappa shape index (κ2) is 11.7. The Bertz CT molecular complexity index is 832. The minimum Gasteiger partial charge on any atom is -0.386 e. The molecule has 0 radical (unpaired) electrons. The topological polar surface area (TPSA) is 85.5 Å². The highest BCUT2D eigenvalue weighted by atomic mass is 16.2. The maximum absolute atomic E-state index is 13.6. The van der Waals surface area contributed by atoms with Crippen LogP contribution in [-0.2, 0) is 11.2 Å². The Hall–Kier alpha value is -1.92. The van der Waals surface area contributed by atoms with Crippen LogP contribution in [-0.4, -0.2) is 54.4 Å². The van der Waals surface area contributed by atoms with Gasteiger partial charge in [0.1, 0.15) is 5.84 Å². The van der Waals surface area contributed by atoms with Crippen LogP contribution < -0.4 is 16.0 Å². The van der Waals surface area contributed by atoms with E-state index in [0.717, 1.165) is 57.3 Å². The number of hydrogen-bond acceptors (Lipinski definition) is 4. The number of carbonyl (C=O) groups is 1. The summed E-state index contributed by atoms with van der Waals surface area (Å²) in [5.41, 5.74) is 8.28. The van der Waals surface area contributed by atoms with Gasteiger partial charge in [0.15, 0.2) is 0 Å². The van der Waals surface area contributed by atoms with Gasteiger partial charge in [-0.2, -0.15) is 0 Å². The van der Waals surface area contributed by atoms with Crippen molar-refractivity contribution in [1.82, 2.24) is 10.2 Å². The molecule has 3 unspecified atom stereocenters. The number of carbonyl (C=O) groups excluding carboxylic acids is 1. The number of amidine groups is 1. The number of nitrogens with zero attached hydrogens (tertiary/aromatic N) is 2. The molecule has 6 nitrogen and oxygen atoms in total. The maximum atomic E-state index is 13.6. The first kappa shape index (κ1) is 25.2. The van der Waals surface area contributed by atoms with Crippen LogP contribution in [0.2, 0.25) is 0 Å². The van der Waals surface area contributed by atoms with Gasteiger partial charge in [0, 0.05) is 30.2 Å². The highest BCUT2D eigenvalue weighted by Gasteiger charge is 2.37. The van der Waals surface area contributed by atoms with Crippen LogP contribution in [0.5, 0.6) is 0 Å². The number of nitrogens with one attached hydrogen (secondary N) is 2. The molecule has 3 aliphatic rings. The van der Waals surface area contributed by atoms with Crippen LogP contribution in [0.1, 0.15) is 77.2 Å². The molecule has 0 spiro atoms. The SMILES string of the molecule is C[C@@H]1CCC[C@H](C)N1CCCCCN1C(=O)C(CC2CCCNC2C(=N)N)Cc2ccccc21. The van der Waals surface area contributed by atoms with Gasteiger partial charge < -0.3 is 16.0 Å². The lowest BCUT2D eigenvalue weighted by atomic mass is 9.78. The van der Waals surface area contributed by atoms with Crippen molar-refractivity contribution in [3.05, 3.63) is 29.8 Å². The summed E-state index contributed by atoms with van der Waals surface area (Å²) in [6, 6.07) is 9.75. The molecule has 3 heterocycles. The summed E-state index contributed by atoms with van der Waals surface area (Å²) < 4.78 is 0. The van der Waals surface area contributed by atoms with E-state index in [4.69, 9.17) is 11.1 Å². The smallest absolute Gasteiger partial charge is 0.230 e. The summed E-state index contributed by atoms with van der Waals surface area (Å²) in [4.78, 5) is 18.4. The average molecular weight is 468 g/mol. The van der Waals surface area contributed by atoms with E-state index < -0.39 is 0 Å². The zero-order valence-electron chi connectivity index (χ0n) is 21.3. The molecule has 1 aromatic rings. The Morgan fingerprint density at radius 3 is 2.56 bits per heavy atom. The predicted octanol–water partition coefficient (Wildman–Crippen LogP) is 4.32. The fraction of sp³-hybridized carbons (Fsp3) is 0.714. The molecule has 0 aliphatic carbocycles. The number of hydrogen-bond donors (Lipinski definition) is 3. The van der Waals surface area contributed by atoms with Crippen LogP contribution in [0.25, 0.3) is 0 Å². The molecule has 5 atom stereocenters. The first-order valence-corrected chi connectivity index (χ1v) is 13.7. The number of nitrogens with two attached hydrogens (primary N) is 1. The monoisotopic (exact) mass is 467 g/mol.